The molecule has 2 N–H and O–H groups in total. The molecule has 0 heterocycles. The Labute approximate surface area is 140 Å². The van der Waals surface area contributed by atoms with Crippen molar-refractivity contribution in [1.82, 2.24) is 5.32 Å². The van der Waals surface area contributed by atoms with E-state index in [0.717, 1.165) is 0 Å². The van der Waals surface area contributed by atoms with Crippen LogP contribution in [0.1, 0.15) is 21.5 Å². The molecule has 5 nitrogen and oxygen atoms in total. The third-order valence-electron chi connectivity index (χ3n) is 3.36. The first kappa shape index (κ1) is 18.0. The number of carboxylic acid groups (broad SMARTS) is 1. The van der Waals surface area contributed by atoms with Gasteiger partial charge in [0.05, 0.1) is 11.6 Å². The fourth-order valence-corrected chi connectivity index (χ4v) is 2.14. The lowest BCUT2D eigenvalue weighted by Crippen LogP contribution is -2.43. The van der Waals surface area contributed by atoms with Crippen LogP contribution in [0.15, 0.2) is 36.4 Å². The largest absolute Gasteiger partial charge is 0.480 e. The quantitative estimate of drug-likeness (QED) is 0.868. The Hall–Kier alpha value is -3.34. The maximum atomic E-state index is 13.6. The van der Waals surface area contributed by atoms with Crippen molar-refractivity contribution >= 4 is 11.9 Å². The topological polar surface area (TPSA) is 90.2 Å². The zero-order chi connectivity index (χ0) is 18.6. The Bertz CT molecular complexity index is 837. The molecule has 0 aromatic heterocycles. The Morgan fingerprint density at radius 3 is 2.16 bits per heavy atom. The standard InChI is InChI=1S/C17H11F3N2O3/c18-11-6-12(19)15(13(20)7-11)16(23)22-14(17(24)25)5-9-1-3-10(8-21)4-2-9/h1-4,6-7,14H,5H2,(H,22,23)(H,24,25)/t14-/m0/s1. The third-order valence-corrected chi connectivity index (χ3v) is 3.36. The summed E-state index contributed by atoms with van der Waals surface area (Å²) in [5.41, 5.74) is -0.200. The maximum absolute atomic E-state index is 13.6. The van der Waals surface area contributed by atoms with Gasteiger partial charge in [-0.2, -0.15) is 5.26 Å². The summed E-state index contributed by atoms with van der Waals surface area (Å²) in [5, 5.41) is 19.9. The number of aliphatic carboxylic acids is 1. The molecule has 2 aromatic rings. The van der Waals surface area contributed by atoms with Crippen LogP contribution >= 0.6 is 0 Å². The van der Waals surface area contributed by atoms with E-state index in [2.05, 4.69) is 0 Å². The number of nitrogens with zero attached hydrogens (tertiary/aromatic N) is 1. The Morgan fingerprint density at radius 2 is 1.68 bits per heavy atom. The predicted octanol–water partition coefficient (Wildman–Crippen LogP) is 2.40. The number of carbonyl (C=O) groups is 2. The van der Waals surface area contributed by atoms with Gasteiger partial charge in [-0.1, -0.05) is 12.1 Å². The number of carbonyl (C=O) groups excluding carboxylic acids is 1. The molecule has 0 radical (unpaired) electrons. The molecule has 1 atom stereocenters. The first-order valence-corrected chi connectivity index (χ1v) is 6.99. The number of amides is 1. The van der Waals surface area contributed by atoms with Crippen LogP contribution in [-0.4, -0.2) is 23.0 Å². The molecule has 1 amide bonds. The highest BCUT2D eigenvalue weighted by molar-refractivity contribution is 5.97. The summed E-state index contributed by atoms with van der Waals surface area (Å²) in [7, 11) is 0. The van der Waals surface area contributed by atoms with Crippen molar-refractivity contribution in [3.05, 3.63) is 70.5 Å². The third kappa shape index (κ3) is 4.35. The highest BCUT2D eigenvalue weighted by Gasteiger charge is 2.25. The minimum absolute atomic E-state index is 0.169. The highest BCUT2D eigenvalue weighted by Crippen LogP contribution is 2.15. The SMILES string of the molecule is N#Cc1ccc(C[C@H](NC(=O)c2c(F)cc(F)cc2F)C(=O)O)cc1. The molecule has 0 spiro atoms. The number of nitrogens with one attached hydrogen (secondary N) is 1. The lowest BCUT2D eigenvalue weighted by Gasteiger charge is -2.15. The maximum Gasteiger partial charge on any atom is 0.326 e. The fourth-order valence-electron chi connectivity index (χ4n) is 2.14. The summed E-state index contributed by atoms with van der Waals surface area (Å²) in [5.74, 6) is -6.79. The van der Waals surface area contributed by atoms with Gasteiger partial charge in [0.2, 0.25) is 0 Å². The second-order valence-corrected chi connectivity index (χ2v) is 5.12. The van der Waals surface area contributed by atoms with Gasteiger partial charge in [-0.05, 0) is 17.7 Å². The highest BCUT2D eigenvalue weighted by atomic mass is 19.1. The van der Waals surface area contributed by atoms with Gasteiger partial charge in [-0.15, -0.1) is 0 Å². The van der Waals surface area contributed by atoms with Crippen LogP contribution in [0.3, 0.4) is 0 Å². The van der Waals surface area contributed by atoms with Gasteiger partial charge in [0.15, 0.2) is 0 Å². The summed E-state index contributed by atoms with van der Waals surface area (Å²) in [6.07, 6.45) is -0.169. The van der Waals surface area contributed by atoms with Crippen molar-refractivity contribution in [3.63, 3.8) is 0 Å². The van der Waals surface area contributed by atoms with E-state index in [1.807, 2.05) is 11.4 Å². The number of carboxylic acids is 1. The normalized spacial score (nSPS) is 11.4. The van der Waals surface area contributed by atoms with Gasteiger partial charge in [0, 0.05) is 18.6 Å². The van der Waals surface area contributed by atoms with Gasteiger partial charge in [-0.3, -0.25) is 4.79 Å². The number of halogens is 3. The molecule has 0 aliphatic carbocycles. The molecule has 0 saturated heterocycles. The van der Waals surface area contributed by atoms with Gasteiger partial charge >= 0.3 is 5.97 Å². The fraction of sp³-hybridized carbons (Fsp3) is 0.118. The van der Waals surface area contributed by atoms with Crippen LogP contribution in [0.4, 0.5) is 13.2 Å². The molecule has 0 aliphatic rings. The van der Waals surface area contributed by atoms with Crippen LogP contribution < -0.4 is 5.32 Å². The van der Waals surface area contributed by atoms with E-state index in [9.17, 15) is 27.9 Å². The molecule has 0 saturated carbocycles. The molecular formula is C17H11F3N2O3. The van der Waals surface area contributed by atoms with Crippen molar-refractivity contribution in [1.29, 1.82) is 5.26 Å². The van der Waals surface area contributed by atoms with Crippen LogP contribution in [0.25, 0.3) is 0 Å². The molecule has 2 rings (SSSR count). The number of nitriles is 1. The van der Waals surface area contributed by atoms with Crippen molar-refractivity contribution in [3.8, 4) is 6.07 Å². The molecule has 25 heavy (non-hydrogen) atoms. The van der Waals surface area contributed by atoms with E-state index in [-0.39, 0.29) is 6.42 Å². The van der Waals surface area contributed by atoms with E-state index in [1.165, 1.54) is 24.3 Å². The smallest absolute Gasteiger partial charge is 0.326 e. The van der Waals surface area contributed by atoms with Gasteiger partial charge in [-0.25, -0.2) is 18.0 Å². The number of rotatable bonds is 5. The lowest BCUT2D eigenvalue weighted by atomic mass is 10.0. The van der Waals surface area contributed by atoms with Gasteiger partial charge < -0.3 is 10.4 Å². The second-order valence-electron chi connectivity index (χ2n) is 5.12. The van der Waals surface area contributed by atoms with Crippen molar-refractivity contribution in [2.45, 2.75) is 12.5 Å². The van der Waals surface area contributed by atoms with Crippen LogP contribution in [0.5, 0.6) is 0 Å². The van der Waals surface area contributed by atoms with Crippen LogP contribution in [0.2, 0.25) is 0 Å². The lowest BCUT2D eigenvalue weighted by molar-refractivity contribution is -0.139. The Kier molecular flexibility index (Phi) is 5.39. The van der Waals surface area contributed by atoms with Crippen LogP contribution in [0, 0.1) is 28.8 Å². The second kappa shape index (κ2) is 7.49. The Balaban J connectivity index is 2.20. The molecule has 0 fully saturated rings. The minimum atomic E-state index is -1.47. The molecule has 0 aliphatic heterocycles. The summed E-state index contributed by atoms with van der Waals surface area (Å²) in [6, 6.07) is 7.02. The minimum Gasteiger partial charge on any atom is -0.480 e. The average molecular weight is 348 g/mol. The average Bonchev–Trinajstić information content (AvgIpc) is 2.53. The zero-order valence-electron chi connectivity index (χ0n) is 12.6. The van der Waals surface area contributed by atoms with E-state index in [4.69, 9.17) is 5.26 Å². The predicted molar refractivity (Wildman–Crippen MR) is 80.1 cm³/mol. The Morgan fingerprint density at radius 1 is 1.12 bits per heavy atom. The molecule has 8 heteroatoms. The summed E-state index contributed by atoms with van der Waals surface area (Å²) < 4.78 is 40.1. The van der Waals surface area contributed by atoms with Crippen molar-refractivity contribution in [2.24, 2.45) is 0 Å². The van der Waals surface area contributed by atoms with E-state index < -0.39 is 40.9 Å². The number of hydrogen-bond donors (Lipinski definition) is 2. The first-order chi connectivity index (χ1) is 11.8. The molecule has 0 unspecified atom stereocenters. The molecule has 0 bridgehead atoms. The van der Waals surface area contributed by atoms with Crippen LogP contribution in [-0.2, 0) is 11.2 Å². The van der Waals surface area contributed by atoms with Crippen molar-refractivity contribution in [2.75, 3.05) is 0 Å². The van der Waals surface area contributed by atoms with Crippen molar-refractivity contribution < 1.29 is 27.9 Å². The number of benzene rings is 2. The number of hydrogen-bond acceptors (Lipinski definition) is 3. The summed E-state index contributed by atoms with van der Waals surface area (Å²) in [6.45, 7) is 0. The van der Waals surface area contributed by atoms with E-state index >= 15 is 0 Å². The zero-order valence-corrected chi connectivity index (χ0v) is 12.6. The molecule has 128 valence electrons. The van der Waals surface area contributed by atoms with E-state index in [0.29, 0.717) is 23.3 Å². The molecular weight excluding hydrogens is 337 g/mol. The van der Waals surface area contributed by atoms with E-state index in [1.54, 1.807) is 0 Å². The van der Waals surface area contributed by atoms with Gasteiger partial charge in [0.25, 0.3) is 5.91 Å². The monoisotopic (exact) mass is 348 g/mol. The summed E-state index contributed by atoms with van der Waals surface area (Å²) >= 11 is 0. The summed E-state index contributed by atoms with van der Waals surface area (Å²) in [4.78, 5) is 23.3. The molecule has 2 aromatic carbocycles. The van der Waals surface area contributed by atoms with Gasteiger partial charge in [0.1, 0.15) is 29.1 Å². The first-order valence-electron chi connectivity index (χ1n) is 6.99.